The molecule has 0 saturated carbocycles. The van der Waals surface area contributed by atoms with E-state index >= 15 is 0 Å². The van der Waals surface area contributed by atoms with Crippen molar-refractivity contribution in [2.45, 2.75) is 44.7 Å². The summed E-state index contributed by atoms with van der Waals surface area (Å²) >= 11 is 6.25. The molecule has 0 radical (unpaired) electrons. The van der Waals surface area contributed by atoms with Crippen LogP contribution < -0.4 is 10.6 Å². The second-order valence-electron chi connectivity index (χ2n) is 7.06. The molecule has 5 heteroatoms. The van der Waals surface area contributed by atoms with Crippen molar-refractivity contribution in [2.24, 2.45) is 5.92 Å². The summed E-state index contributed by atoms with van der Waals surface area (Å²) in [6.07, 6.45) is 5.60. The van der Waals surface area contributed by atoms with E-state index in [9.17, 15) is 4.79 Å². The number of halogens is 1. The van der Waals surface area contributed by atoms with Crippen molar-refractivity contribution in [1.29, 1.82) is 0 Å². The molecule has 24 heavy (non-hydrogen) atoms. The van der Waals surface area contributed by atoms with E-state index in [0.717, 1.165) is 63.4 Å². The monoisotopic (exact) mass is 349 g/mol. The van der Waals surface area contributed by atoms with Gasteiger partial charge in [0.1, 0.15) is 0 Å². The van der Waals surface area contributed by atoms with E-state index in [4.69, 9.17) is 11.6 Å². The number of hydrogen-bond acceptors (Lipinski definition) is 3. The Bertz CT molecular complexity index is 537. The normalized spacial score (nSPS) is 23.1. The number of rotatable bonds is 5. The van der Waals surface area contributed by atoms with Crippen molar-refractivity contribution in [3.8, 4) is 0 Å². The van der Waals surface area contributed by atoms with Crippen molar-refractivity contribution < 1.29 is 4.79 Å². The standard InChI is InChI=1S/C19H28ClN3O/c20-17-6-2-1-5-16(17)14-23-11-8-15(9-12-23)13-22-19(24)18-7-3-4-10-21-18/h1-2,5-6,15,18,21H,3-4,7-14H2,(H,22,24)/t18-/m1/s1. The molecular weight excluding hydrogens is 322 g/mol. The Labute approximate surface area is 149 Å². The molecule has 0 aliphatic carbocycles. The maximum atomic E-state index is 12.2. The molecule has 0 aromatic heterocycles. The molecule has 4 nitrogen and oxygen atoms in total. The first-order chi connectivity index (χ1) is 11.7. The van der Waals surface area contributed by atoms with Gasteiger partial charge in [0.05, 0.1) is 6.04 Å². The molecule has 3 rings (SSSR count). The summed E-state index contributed by atoms with van der Waals surface area (Å²) in [6, 6.07) is 8.11. The summed E-state index contributed by atoms with van der Waals surface area (Å²) in [5, 5.41) is 7.32. The molecule has 132 valence electrons. The van der Waals surface area contributed by atoms with Crippen LogP contribution in [0.25, 0.3) is 0 Å². The predicted molar refractivity (Wildman–Crippen MR) is 98.1 cm³/mol. The molecule has 0 spiro atoms. The molecule has 1 aromatic rings. The number of amides is 1. The van der Waals surface area contributed by atoms with Crippen LogP contribution in [-0.2, 0) is 11.3 Å². The van der Waals surface area contributed by atoms with Crippen molar-refractivity contribution in [3.63, 3.8) is 0 Å². The van der Waals surface area contributed by atoms with Gasteiger partial charge in [-0.1, -0.05) is 36.2 Å². The number of likely N-dealkylation sites (tertiary alicyclic amines) is 1. The van der Waals surface area contributed by atoms with Gasteiger partial charge in [0.2, 0.25) is 5.91 Å². The van der Waals surface area contributed by atoms with Gasteiger partial charge < -0.3 is 10.6 Å². The number of benzene rings is 1. The van der Waals surface area contributed by atoms with Crippen LogP contribution in [0.4, 0.5) is 0 Å². The van der Waals surface area contributed by atoms with Gasteiger partial charge in [-0.05, 0) is 62.9 Å². The SMILES string of the molecule is O=C(NCC1CCN(Cc2ccccc2Cl)CC1)[C@H]1CCCCN1. The molecule has 1 amide bonds. The van der Waals surface area contributed by atoms with Crippen LogP contribution in [0.3, 0.4) is 0 Å². The highest BCUT2D eigenvalue weighted by atomic mass is 35.5. The van der Waals surface area contributed by atoms with Crippen molar-refractivity contribution in [2.75, 3.05) is 26.2 Å². The van der Waals surface area contributed by atoms with Gasteiger partial charge in [0.25, 0.3) is 0 Å². The fourth-order valence-electron chi connectivity index (χ4n) is 3.66. The average Bonchev–Trinajstić information content (AvgIpc) is 2.63. The second-order valence-corrected chi connectivity index (χ2v) is 7.47. The molecule has 1 aromatic carbocycles. The zero-order valence-electron chi connectivity index (χ0n) is 14.3. The first-order valence-corrected chi connectivity index (χ1v) is 9.57. The van der Waals surface area contributed by atoms with Gasteiger partial charge in [0, 0.05) is 18.1 Å². The lowest BCUT2D eigenvalue weighted by molar-refractivity contribution is -0.123. The minimum atomic E-state index is 0.0269. The number of carbonyl (C=O) groups excluding carboxylic acids is 1. The van der Waals surface area contributed by atoms with Crippen molar-refractivity contribution >= 4 is 17.5 Å². The lowest BCUT2D eigenvalue weighted by atomic mass is 9.96. The van der Waals surface area contributed by atoms with E-state index in [1.807, 2.05) is 18.2 Å². The first kappa shape index (κ1) is 17.7. The van der Waals surface area contributed by atoms with Gasteiger partial charge in [-0.2, -0.15) is 0 Å². The topological polar surface area (TPSA) is 44.4 Å². The van der Waals surface area contributed by atoms with Crippen LogP contribution in [0.1, 0.15) is 37.7 Å². The smallest absolute Gasteiger partial charge is 0.237 e. The van der Waals surface area contributed by atoms with E-state index < -0.39 is 0 Å². The summed E-state index contributed by atoms with van der Waals surface area (Å²) < 4.78 is 0. The molecule has 2 fully saturated rings. The average molecular weight is 350 g/mol. The summed E-state index contributed by atoms with van der Waals surface area (Å²) in [6.45, 7) is 4.86. The van der Waals surface area contributed by atoms with Crippen LogP contribution in [0.5, 0.6) is 0 Å². The zero-order valence-corrected chi connectivity index (χ0v) is 15.0. The molecule has 2 N–H and O–H groups in total. The van der Waals surface area contributed by atoms with E-state index in [1.54, 1.807) is 0 Å². The van der Waals surface area contributed by atoms with E-state index in [2.05, 4.69) is 21.6 Å². The Morgan fingerprint density at radius 1 is 1.21 bits per heavy atom. The number of hydrogen-bond donors (Lipinski definition) is 2. The van der Waals surface area contributed by atoms with E-state index in [1.165, 1.54) is 12.0 Å². The summed E-state index contributed by atoms with van der Waals surface area (Å²) in [7, 11) is 0. The summed E-state index contributed by atoms with van der Waals surface area (Å²) in [4.78, 5) is 14.6. The van der Waals surface area contributed by atoms with Gasteiger partial charge >= 0.3 is 0 Å². The lowest BCUT2D eigenvalue weighted by Crippen LogP contribution is -2.48. The third-order valence-corrected chi connectivity index (χ3v) is 5.62. The molecule has 2 saturated heterocycles. The van der Waals surface area contributed by atoms with Crippen LogP contribution in [0.15, 0.2) is 24.3 Å². The van der Waals surface area contributed by atoms with Crippen molar-refractivity contribution in [1.82, 2.24) is 15.5 Å². The Balaban J connectivity index is 1.37. The van der Waals surface area contributed by atoms with Gasteiger partial charge in [-0.3, -0.25) is 9.69 Å². The molecule has 2 heterocycles. The highest BCUT2D eigenvalue weighted by Crippen LogP contribution is 2.22. The van der Waals surface area contributed by atoms with Crippen LogP contribution in [-0.4, -0.2) is 43.0 Å². The Kier molecular flexibility index (Phi) is 6.52. The van der Waals surface area contributed by atoms with Gasteiger partial charge in [0.15, 0.2) is 0 Å². The van der Waals surface area contributed by atoms with Gasteiger partial charge in [-0.25, -0.2) is 0 Å². The third kappa shape index (κ3) is 4.95. The maximum Gasteiger partial charge on any atom is 0.237 e. The van der Waals surface area contributed by atoms with Crippen LogP contribution in [0, 0.1) is 5.92 Å². The minimum Gasteiger partial charge on any atom is -0.354 e. The number of nitrogens with zero attached hydrogens (tertiary/aromatic N) is 1. The van der Waals surface area contributed by atoms with Gasteiger partial charge in [-0.15, -0.1) is 0 Å². The quantitative estimate of drug-likeness (QED) is 0.859. The third-order valence-electron chi connectivity index (χ3n) is 5.25. The largest absolute Gasteiger partial charge is 0.354 e. The number of piperidine rings is 2. The molecule has 2 aliphatic heterocycles. The van der Waals surface area contributed by atoms with E-state index in [0.29, 0.717) is 5.92 Å². The molecule has 0 bridgehead atoms. The fourth-order valence-corrected chi connectivity index (χ4v) is 3.86. The summed E-state index contributed by atoms with van der Waals surface area (Å²) in [5.74, 6) is 0.785. The highest BCUT2D eigenvalue weighted by Gasteiger charge is 2.23. The van der Waals surface area contributed by atoms with Crippen LogP contribution in [0.2, 0.25) is 5.02 Å². The lowest BCUT2D eigenvalue weighted by Gasteiger charge is -2.32. The summed E-state index contributed by atoms with van der Waals surface area (Å²) in [5.41, 5.74) is 1.20. The minimum absolute atomic E-state index is 0.0269. The fraction of sp³-hybridized carbons (Fsp3) is 0.632. The predicted octanol–water partition coefficient (Wildman–Crippen LogP) is 2.81. The van der Waals surface area contributed by atoms with E-state index in [-0.39, 0.29) is 11.9 Å². The Morgan fingerprint density at radius 2 is 2.00 bits per heavy atom. The van der Waals surface area contributed by atoms with Crippen LogP contribution >= 0.6 is 11.6 Å². The second kappa shape index (κ2) is 8.84. The number of nitrogens with one attached hydrogen (secondary N) is 2. The maximum absolute atomic E-state index is 12.2. The number of carbonyl (C=O) groups is 1. The first-order valence-electron chi connectivity index (χ1n) is 9.19. The molecule has 0 unspecified atom stereocenters. The zero-order chi connectivity index (χ0) is 16.8. The highest BCUT2D eigenvalue weighted by molar-refractivity contribution is 6.31. The molecule has 1 atom stereocenters. The Morgan fingerprint density at radius 3 is 2.71 bits per heavy atom. The van der Waals surface area contributed by atoms with Crippen molar-refractivity contribution in [3.05, 3.63) is 34.9 Å². The molecule has 2 aliphatic rings. The Hall–Kier alpha value is -1.10. The molecular formula is C19H28ClN3O.